The maximum atomic E-state index is 12.6. The van der Waals surface area contributed by atoms with E-state index in [2.05, 4.69) is 33.9 Å². The molecule has 130 valence electrons. The van der Waals surface area contributed by atoms with E-state index in [4.69, 9.17) is 9.16 Å². The molecule has 0 aromatic carbocycles. The first-order valence-electron chi connectivity index (χ1n) is 7.89. The van der Waals surface area contributed by atoms with Crippen molar-refractivity contribution in [3.63, 3.8) is 0 Å². The molecule has 0 unspecified atom stereocenters. The Morgan fingerprint density at radius 1 is 1.35 bits per heavy atom. The molecule has 0 N–H and O–H groups in total. The number of allylic oxidation sites excluding steroid dienone is 1. The lowest BCUT2D eigenvalue weighted by Gasteiger charge is -2.48. The third-order valence-electron chi connectivity index (χ3n) is 5.13. The summed E-state index contributed by atoms with van der Waals surface area (Å²) in [4.78, 5) is 26.9. The van der Waals surface area contributed by atoms with Gasteiger partial charge < -0.3 is 9.16 Å². The number of thioether (sulfide) groups is 1. The van der Waals surface area contributed by atoms with Gasteiger partial charge in [-0.1, -0.05) is 20.8 Å². The maximum absolute atomic E-state index is 12.6. The van der Waals surface area contributed by atoms with Crippen LogP contribution in [0.4, 0.5) is 0 Å². The van der Waals surface area contributed by atoms with Crippen LogP contribution in [-0.2, 0) is 18.8 Å². The number of hydrogen-bond donors (Lipinski definition) is 0. The first-order chi connectivity index (χ1) is 10.4. The number of carbonyl (C=O) groups excluding carboxylic acids is 2. The average Bonchev–Trinajstić information content (AvgIpc) is 2.69. The fourth-order valence-corrected chi connectivity index (χ4v) is 5.63. The number of amides is 1. The molecule has 1 fully saturated rings. The third kappa shape index (κ3) is 2.98. The zero-order chi connectivity index (χ0) is 17.7. The molecule has 7 heteroatoms. The minimum absolute atomic E-state index is 0.0361. The van der Waals surface area contributed by atoms with Crippen molar-refractivity contribution >= 4 is 32.0 Å². The van der Waals surface area contributed by atoms with Crippen molar-refractivity contribution in [1.29, 1.82) is 0 Å². The molecule has 0 aromatic rings. The van der Waals surface area contributed by atoms with E-state index >= 15 is 0 Å². The van der Waals surface area contributed by atoms with E-state index in [0.717, 1.165) is 4.91 Å². The number of methoxy groups -OCH3 is 1. The van der Waals surface area contributed by atoms with Crippen LogP contribution in [0, 0.1) is 5.92 Å². The fraction of sp³-hybridized carbons (Fsp3) is 0.750. The number of carbonyl (C=O) groups is 2. The second-order valence-corrected chi connectivity index (χ2v) is 13.8. The molecule has 0 spiro atoms. The van der Waals surface area contributed by atoms with Crippen molar-refractivity contribution in [2.24, 2.45) is 5.92 Å². The summed E-state index contributed by atoms with van der Waals surface area (Å²) in [6, 6.07) is 0. The van der Waals surface area contributed by atoms with Crippen LogP contribution in [-0.4, -0.2) is 43.7 Å². The first-order valence-corrected chi connectivity index (χ1v) is 11.7. The van der Waals surface area contributed by atoms with Gasteiger partial charge in [0.25, 0.3) is 0 Å². The minimum atomic E-state index is -1.93. The molecule has 5 nitrogen and oxygen atoms in total. The maximum Gasteiger partial charge on any atom is 0.355 e. The lowest BCUT2D eigenvalue weighted by Crippen LogP contribution is -2.62. The van der Waals surface area contributed by atoms with Crippen LogP contribution in [0.5, 0.6) is 0 Å². The van der Waals surface area contributed by atoms with Gasteiger partial charge in [0.05, 0.1) is 19.1 Å². The number of nitrogens with zero attached hydrogens (tertiary/aromatic N) is 1. The predicted octanol–water partition coefficient (Wildman–Crippen LogP) is 3.33. The summed E-state index contributed by atoms with van der Waals surface area (Å²) in [7, 11) is -0.596. The van der Waals surface area contributed by atoms with Crippen molar-refractivity contribution in [2.45, 2.75) is 64.2 Å². The normalized spacial score (nSPS) is 26.1. The van der Waals surface area contributed by atoms with Crippen molar-refractivity contribution < 1.29 is 18.8 Å². The Morgan fingerprint density at radius 3 is 2.39 bits per heavy atom. The van der Waals surface area contributed by atoms with Crippen molar-refractivity contribution in [3.05, 3.63) is 10.6 Å². The van der Waals surface area contributed by atoms with Crippen LogP contribution < -0.4 is 0 Å². The molecule has 2 aliphatic heterocycles. The van der Waals surface area contributed by atoms with Gasteiger partial charge in [0.1, 0.15) is 11.1 Å². The highest BCUT2D eigenvalue weighted by atomic mass is 32.2. The van der Waals surface area contributed by atoms with Gasteiger partial charge in [-0.25, -0.2) is 4.79 Å². The number of esters is 1. The first kappa shape index (κ1) is 18.5. The Hall–Kier alpha value is -0.793. The van der Waals surface area contributed by atoms with Gasteiger partial charge in [-0.2, -0.15) is 0 Å². The molecular weight excluding hydrogens is 330 g/mol. The Bertz CT molecular complexity index is 567. The number of hydrogen-bond acceptors (Lipinski definition) is 5. The molecule has 1 amide bonds. The summed E-state index contributed by atoms with van der Waals surface area (Å²) in [5.41, 5.74) is 0.392. The second kappa shape index (κ2) is 5.93. The topological polar surface area (TPSA) is 55.8 Å². The van der Waals surface area contributed by atoms with E-state index in [1.165, 1.54) is 7.11 Å². The van der Waals surface area contributed by atoms with E-state index in [1.807, 2.05) is 13.8 Å². The van der Waals surface area contributed by atoms with E-state index in [1.54, 1.807) is 16.7 Å². The number of rotatable bonds is 4. The van der Waals surface area contributed by atoms with Crippen molar-refractivity contribution in [2.75, 3.05) is 7.11 Å². The zero-order valence-electron chi connectivity index (χ0n) is 15.2. The highest BCUT2D eigenvalue weighted by molar-refractivity contribution is 8.04. The van der Waals surface area contributed by atoms with Gasteiger partial charge in [0.2, 0.25) is 5.91 Å². The highest BCUT2D eigenvalue weighted by Crippen LogP contribution is 2.51. The standard InChI is InChI=1S/C16H27NO4SSi/c1-9(21-23(7,8)16(3,4)5)11-13(18)17-12(15(19)20-6)10(2)22-14(11)17/h9,11,14H,1-8H3/t9-,11+,14-/m1/s1. The Morgan fingerprint density at radius 2 is 1.91 bits per heavy atom. The average molecular weight is 358 g/mol. The molecule has 23 heavy (non-hydrogen) atoms. The second-order valence-electron chi connectivity index (χ2n) is 7.72. The van der Waals surface area contributed by atoms with Gasteiger partial charge in [-0.05, 0) is 32.0 Å². The molecule has 0 aliphatic carbocycles. The molecule has 0 saturated carbocycles. The molecule has 3 atom stereocenters. The zero-order valence-corrected chi connectivity index (χ0v) is 17.0. The summed E-state index contributed by atoms with van der Waals surface area (Å²) in [6.45, 7) is 14.8. The lowest BCUT2D eigenvalue weighted by molar-refractivity contribution is -0.157. The van der Waals surface area contributed by atoms with Crippen molar-refractivity contribution in [1.82, 2.24) is 4.90 Å². The van der Waals surface area contributed by atoms with E-state index in [9.17, 15) is 9.59 Å². The minimum Gasteiger partial charge on any atom is -0.464 e. The summed E-state index contributed by atoms with van der Waals surface area (Å²) in [6.07, 6.45) is -0.151. The summed E-state index contributed by atoms with van der Waals surface area (Å²) >= 11 is 1.56. The molecule has 0 aromatic heterocycles. The van der Waals surface area contributed by atoms with E-state index < -0.39 is 14.3 Å². The van der Waals surface area contributed by atoms with Gasteiger partial charge in [0, 0.05) is 4.91 Å². The molecule has 0 bridgehead atoms. The van der Waals surface area contributed by atoms with Crippen molar-refractivity contribution in [3.8, 4) is 0 Å². The molecule has 2 rings (SSSR count). The number of β-lactam (4-membered cyclic amide) rings is 1. The fourth-order valence-electron chi connectivity index (χ4n) is 2.74. The van der Waals surface area contributed by atoms with Gasteiger partial charge >= 0.3 is 5.97 Å². The predicted molar refractivity (Wildman–Crippen MR) is 94.2 cm³/mol. The summed E-state index contributed by atoms with van der Waals surface area (Å²) in [5, 5.41) is 0.0541. The summed E-state index contributed by atoms with van der Waals surface area (Å²) < 4.78 is 11.2. The quantitative estimate of drug-likeness (QED) is 0.439. The number of ether oxygens (including phenoxy) is 1. The van der Waals surface area contributed by atoms with E-state index in [0.29, 0.717) is 5.70 Å². The Labute approximate surface area is 143 Å². The molecule has 2 aliphatic rings. The van der Waals surface area contributed by atoms with Crippen LogP contribution >= 0.6 is 11.8 Å². The Balaban J connectivity index is 2.12. The third-order valence-corrected chi connectivity index (χ3v) is 11.0. The van der Waals surface area contributed by atoms with Crippen LogP contribution in [0.1, 0.15) is 34.6 Å². The van der Waals surface area contributed by atoms with Crippen LogP contribution in [0.15, 0.2) is 10.6 Å². The lowest BCUT2D eigenvalue weighted by atomic mass is 9.92. The molecule has 0 radical (unpaired) electrons. The smallest absolute Gasteiger partial charge is 0.355 e. The van der Waals surface area contributed by atoms with Crippen LogP contribution in [0.2, 0.25) is 18.1 Å². The highest BCUT2D eigenvalue weighted by Gasteiger charge is 2.58. The van der Waals surface area contributed by atoms with Gasteiger partial charge in [0.15, 0.2) is 8.32 Å². The van der Waals surface area contributed by atoms with Crippen LogP contribution in [0.3, 0.4) is 0 Å². The molecule has 1 saturated heterocycles. The van der Waals surface area contributed by atoms with Gasteiger partial charge in [-0.15, -0.1) is 11.8 Å². The SMILES string of the molecule is COC(=O)C1=C(C)S[C@@H]2[C@@H]([C@@H](C)O[Si](C)(C)C(C)(C)C)C(=O)N12. The molecule has 2 heterocycles. The summed E-state index contributed by atoms with van der Waals surface area (Å²) in [5.74, 6) is -0.681. The monoisotopic (exact) mass is 357 g/mol. The van der Waals surface area contributed by atoms with Gasteiger partial charge in [-0.3, -0.25) is 9.69 Å². The Kier molecular flexibility index (Phi) is 4.78. The van der Waals surface area contributed by atoms with Crippen LogP contribution in [0.25, 0.3) is 0 Å². The number of fused-ring (bicyclic) bond motifs is 1. The largest absolute Gasteiger partial charge is 0.464 e. The van der Waals surface area contributed by atoms with E-state index in [-0.39, 0.29) is 28.3 Å². The molecular formula is C16H27NO4SSi.